The number of amides is 2. The standard InChI is InChI=1S/C29H34BrN3O5S/c1-31-29(35)27(20-22-9-5-4-6-10-22)32(21-23-11-7-12-24(30)19-23)28(34)13-8-18-33(39(3,36)37)25-14-16-26(38-2)17-15-25/h4-7,9-12,14-17,19,27H,8,13,18,20-21H2,1-3H3,(H,31,35)/t27-/m0/s1. The Hall–Kier alpha value is -3.37. The van der Waals surface area contributed by atoms with Crippen LogP contribution in [0.2, 0.25) is 0 Å². The van der Waals surface area contributed by atoms with Crippen molar-refractivity contribution in [2.45, 2.75) is 31.8 Å². The van der Waals surface area contributed by atoms with Gasteiger partial charge in [0.05, 0.1) is 19.1 Å². The lowest BCUT2D eigenvalue weighted by Crippen LogP contribution is -2.49. The molecule has 39 heavy (non-hydrogen) atoms. The highest BCUT2D eigenvalue weighted by Crippen LogP contribution is 2.23. The Kier molecular flexibility index (Phi) is 10.9. The van der Waals surface area contributed by atoms with Gasteiger partial charge in [0, 0.05) is 37.5 Å². The third kappa shape index (κ3) is 8.83. The van der Waals surface area contributed by atoms with Gasteiger partial charge in [0.25, 0.3) is 0 Å². The number of nitrogens with one attached hydrogen (secondary N) is 1. The topological polar surface area (TPSA) is 96.0 Å². The summed E-state index contributed by atoms with van der Waals surface area (Å²) in [7, 11) is -0.488. The molecular weight excluding hydrogens is 582 g/mol. The molecule has 2 amide bonds. The molecule has 1 atom stereocenters. The van der Waals surface area contributed by atoms with Crippen LogP contribution >= 0.6 is 15.9 Å². The van der Waals surface area contributed by atoms with E-state index in [-0.39, 0.29) is 37.7 Å². The van der Waals surface area contributed by atoms with Gasteiger partial charge in [0.2, 0.25) is 21.8 Å². The van der Waals surface area contributed by atoms with Crippen LogP contribution in [-0.4, -0.2) is 58.1 Å². The number of carbonyl (C=O) groups excluding carboxylic acids is 2. The Bertz CT molecular complexity index is 1350. The zero-order valence-corrected chi connectivity index (χ0v) is 24.7. The second-order valence-corrected chi connectivity index (χ2v) is 11.9. The van der Waals surface area contributed by atoms with Gasteiger partial charge in [-0.1, -0.05) is 58.4 Å². The van der Waals surface area contributed by atoms with E-state index < -0.39 is 16.1 Å². The number of methoxy groups -OCH3 is 1. The maximum Gasteiger partial charge on any atom is 0.242 e. The zero-order valence-electron chi connectivity index (χ0n) is 22.3. The normalized spacial score (nSPS) is 11.9. The average molecular weight is 617 g/mol. The van der Waals surface area contributed by atoms with Crippen molar-refractivity contribution in [1.29, 1.82) is 0 Å². The summed E-state index contributed by atoms with van der Waals surface area (Å²) in [6.07, 6.45) is 1.83. The molecule has 0 aromatic heterocycles. The van der Waals surface area contributed by atoms with Crippen LogP contribution in [0.5, 0.6) is 5.75 Å². The highest BCUT2D eigenvalue weighted by Gasteiger charge is 2.30. The molecule has 10 heteroatoms. The first-order valence-corrected chi connectivity index (χ1v) is 15.2. The summed E-state index contributed by atoms with van der Waals surface area (Å²) in [6, 6.07) is 23.1. The minimum atomic E-state index is -3.59. The number of anilines is 1. The highest BCUT2D eigenvalue weighted by atomic mass is 79.9. The van der Waals surface area contributed by atoms with E-state index in [1.54, 1.807) is 43.3 Å². The van der Waals surface area contributed by atoms with E-state index in [2.05, 4.69) is 21.2 Å². The molecule has 0 aliphatic heterocycles. The highest BCUT2D eigenvalue weighted by molar-refractivity contribution is 9.10. The van der Waals surface area contributed by atoms with Crippen LogP contribution in [0.15, 0.2) is 83.3 Å². The SMILES string of the molecule is CNC(=O)[C@H](Cc1ccccc1)N(Cc1cccc(Br)c1)C(=O)CCCN(c1ccc(OC)cc1)S(C)(=O)=O. The van der Waals surface area contributed by atoms with Gasteiger partial charge in [-0.15, -0.1) is 0 Å². The number of carbonyl (C=O) groups is 2. The Balaban J connectivity index is 1.83. The first-order chi connectivity index (χ1) is 18.6. The summed E-state index contributed by atoms with van der Waals surface area (Å²) in [5.74, 6) is 0.116. The number of ether oxygens (including phenoxy) is 1. The van der Waals surface area contributed by atoms with E-state index in [9.17, 15) is 18.0 Å². The van der Waals surface area contributed by atoms with E-state index in [1.165, 1.54) is 4.31 Å². The molecule has 0 unspecified atom stereocenters. The third-order valence-electron chi connectivity index (χ3n) is 6.27. The van der Waals surface area contributed by atoms with Crippen LogP contribution in [0.4, 0.5) is 5.69 Å². The van der Waals surface area contributed by atoms with Gasteiger partial charge in [-0.25, -0.2) is 8.42 Å². The summed E-state index contributed by atoms with van der Waals surface area (Å²) in [4.78, 5) is 28.3. The Morgan fingerprint density at radius 2 is 1.64 bits per heavy atom. The van der Waals surface area contributed by atoms with Crippen molar-refractivity contribution in [3.05, 3.63) is 94.5 Å². The molecule has 0 saturated heterocycles. The van der Waals surface area contributed by atoms with E-state index in [0.29, 0.717) is 17.9 Å². The molecule has 3 rings (SSSR count). The Labute approximate surface area is 239 Å². The lowest BCUT2D eigenvalue weighted by Gasteiger charge is -2.31. The number of likely N-dealkylation sites (N-methyl/N-ethyl adjacent to an activating group) is 1. The molecular formula is C29H34BrN3O5S. The molecule has 0 bridgehead atoms. The van der Waals surface area contributed by atoms with Crippen molar-refractivity contribution < 1.29 is 22.7 Å². The van der Waals surface area contributed by atoms with Crippen molar-refractivity contribution in [3.63, 3.8) is 0 Å². The Morgan fingerprint density at radius 3 is 2.23 bits per heavy atom. The molecule has 208 valence electrons. The van der Waals surface area contributed by atoms with E-state index >= 15 is 0 Å². The number of nitrogens with zero attached hydrogens (tertiary/aromatic N) is 2. The second-order valence-electron chi connectivity index (χ2n) is 9.11. The van der Waals surface area contributed by atoms with Gasteiger partial charge in [-0.2, -0.15) is 0 Å². The molecule has 0 aliphatic rings. The maximum absolute atomic E-state index is 13.7. The van der Waals surface area contributed by atoms with Crippen LogP contribution in [0, 0.1) is 0 Å². The van der Waals surface area contributed by atoms with Crippen molar-refractivity contribution in [1.82, 2.24) is 10.2 Å². The van der Waals surface area contributed by atoms with Crippen LogP contribution in [-0.2, 0) is 32.6 Å². The molecule has 0 aliphatic carbocycles. The van der Waals surface area contributed by atoms with Gasteiger partial charge < -0.3 is 15.0 Å². The fourth-order valence-electron chi connectivity index (χ4n) is 4.30. The van der Waals surface area contributed by atoms with Crippen LogP contribution < -0.4 is 14.4 Å². The number of hydrogen-bond acceptors (Lipinski definition) is 5. The molecule has 3 aromatic carbocycles. The third-order valence-corrected chi connectivity index (χ3v) is 7.96. The fraction of sp³-hybridized carbons (Fsp3) is 0.310. The molecule has 8 nitrogen and oxygen atoms in total. The largest absolute Gasteiger partial charge is 0.497 e. The molecule has 3 aromatic rings. The van der Waals surface area contributed by atoms with E-state index in [0.717, 1.165) is 21.9 Å². The summed E-state index contributed by atoms with van der Waals surface area (Å²) in [5, 5.41) is 2.70. The monoisotopic (exact) mass is 615 g/mol. The van der Waals surface area contributed by atoms with Crippen molar-refractivity contribution in [3.8, 4) is 5.75 Å². The summed E-state index contributed by atoms with van der Waals surface area (Å²) in [5.41, 5.74) is 2.29. The first kappa shape index (κ1) is 30.2. The lowest BCUT2D eigenvalue weighted by atomic mass is 10.0. The molecule has 0 heterocycles. The maximum atomic E-state index is 13.7. The van der Waals surface area contributed by atoms with Crippen molar-refractivity contribution in [2.75, 3.05) is 31.3 Å². The lowest BCUT2D eigenvalue weighted by molar-refractivity contribution is -0.141. The fourth-order valence-corrected chi connectivity index (χ4v) is 5.72. The Morgan fingerprint density at radius 1 is 0.974 bits per heavy atom. The van der Waals surface area contributed by atoms with Gasteiger partial charge in [-0.05, 0) is 53.9 Å². The van der Waals surface area contributed by atoms with Crippen LogP contribution in [0.1, 0.15) is 24.0 Å². The number of benzene rings is 3. The molecule has 0 saturated carbocycles. The average Bonchev–Trinajstić information content (AvgIpc) is 2.92. The van der Waals surface area contributed by atoms with E-state index in [1.807, 2.05) is 54.6 Å². The zero-order chi connectivity index (χ0) is 28.4. The summed E-state index contributed by atoms with van der Waals surface area (Å²) >= 11 is 3.48. The predicted molar refractivity (Wildman–Crippen MR) is 157 cm³/mol. The number of sulfonamides is 1. The quantitative estimate of drug-likeness (QED) is 0.308. The minimum Gasteiger partial charge on any atom is -0.497 e. The smallest absolute Gasteiger partial charge is 0.242 e. The van der Waals surface area contributed by atoms with Crippen molar-refractivity contribution >= 4 is 43.5 Å². The van der Waals surface area contributed by atoms with Crippen molar-refractivity contribution in [2.24, 2.45) is 0 Å². The second kappa shape index (κ2) is 14.1. The minimum absolute atomic E-state index is 0.0679. The first-order valence-electron chi connectivity index (χ1n) is 12.5. The summed E-state index contributed by atoms with van der Waals surface area (Å²) in [6.45, 7) is 0.350. The molecule has 0 fully saturated rings. The van der Waals surface area contributed by atoms with E-state index in [4.69, 9.17) is 4.74 Å². The molecule has 0 radical (unpaired) electrons. The van der Waals surface area contributed by atoms with Gasteiger partial charge in [-0.3, -0.25) is 13.9 Å². The van der Waals surface area contributed by atoms with Gasteiger partial charge >= 0.3 is 0 Å². The molecule has 1 N–H and O–H groups in total. The molecule has 0 spiro atoms. The number of rotatable bonds is 13. The summed E-state index contributed by atoms with van der Waals surface area (Å²) < 4.78 is 32.4. The van der Waals surface area contributed by atoms with Crippen LogP contribution in [0.3, 0.4) is 0 Å². The van der Waals surface area contributed by atoms with Gasteiger partial charge in [0.15, 0.2) is 0 Å². The van der Waals surface area contributed by atoms with Crippen LogP contribution in [0.25, 0.3) is 0 Å². The van der Waals surface area contributed by atoms with Gasteiger partial charge in [0.1, 0.15) is 11.8 Å². The predicted octanol–water partition coefficient (Wildman–Crippen LogP) is 4.39. The number of hydrogen-bond donors (Lipinski definition) is 1. The number of halogens is 1.